The van der Waals surface area contributed by atoms with Crippen molar-refractivity contribution in [3.8, 4) is 0 Å². The average Bonchev–Trinajstić information content (AvgIpc) is 3.95. The molecule has 11 atom stereocenters. The van der Waals surface area contributed by atoms with Crippen molar-refractivity contribution in [1.29, 1.82) is 0 Å². The summed E-state index contributed by atoms with van der Waals surface area (Å²) < 4.78 is 10.5. The lowest BCUT2D eigenvalue weighted by molar-refractivity contribution is -0.145. The smallest absolute Gasteiger partial charge is 0.306 e. The van der Waals surface area contributed by atoms with Gasteiger partial charge in [0, 0.05) is 13.3 Å². The molecular weight excluding hydrogens is 1060 g/mol. The molecule has 0 saturated carbocycles. The Morgan fingerprint density at radius 1 is 0.442 bits per heavy atom. The molecule has 8 nitrogen and oxygen atoms in total. The van der Waals surface area contributed by atoms with Gasteiger partial charge in [0.25, 0.3) is 0 Å². The molecule has 0 radical (unpaired) electrons. The fraction of sp³-hybridized carbons (Fsp3) is 0.846. The summed E-state index contributed by atoms with van der Waals surface area (Å²) in [5.74, 6) is 4.24. The van der Waals surface area contributed by atoms with E-state index in [1.54, 1.807) is 0 Å². The van der Waals surface area contributed by atoms with Crippen LogP contribution in [0.1, 0.15) is 353 Å². The SMILES string of the molecule is CC1=CC(O)CC(CC(C)C)C1.CCCCC1CC(C)=CC(O)C1.CCCCC1CC(C)=CC(OC(C)=O)C1.CCCCCC1CC(C)=CC(O)C1.CCCCCCCC1CC(C)=CC(O)C1.CCCCCCCCCCCCCC1CCC(=O)O1. The van der Waals surface area contributed by atoms with Crippen LogP contribution in [0.15, 0.2) is 58.2 Å². The van der Waals surface area contributed by atoms with Gasteiger partial charge in [-0.2, -0.15) is 0 Å². The number of hydrogen-bond acceptors (Lipinski definition) is 8. The maximum Gasteiger partial charge on any atom is 0.306 e. The molecule has 6 aliphatic rings. The van der Waals surface area contributed by atoms with Gasteiger partial charge in [0.05, 0.1) is 24.4 Å². The molecule has 1 fully saturated rings. The van der Waals surface area contributed by atoms with Crippen LogP contribution in [-0.2, 0) is 19.1 Å². The number of carbonyl (C=O) groups excluding carboxylic acids is 2. The maximum atomic E-state index is 10.9. The first kappa shape index (κ1) is 81.5. The monoisotopic (exact) mass is 1210 g/mol. The van der Waals surface area contributed by atoms with Crippen LogP contribution in [0.5, 0.6) is 0 Å². The fourth-order valence-electron chi connectivity index (χ4n) is 14.2. The Labute approximate surface area is 532 Å². The first-order valence-electron chi connectivity index (χ1n) is 36.6. The lowest BCUT2D eigenvalue weighted by atomic mass is 9.83. The molecule has 0 amide bonds. The third-order valence-electron chi connectivity index (χ3n) is 18.4. The molecule has 86 heavy (non-hydrogen) atoms. The van der Waals surface area contributed by atoms with Gasteiger partial charge in [-0.05, 0) is 166 Å². The van der Waals surface area contributed by atoms with Crippen LogP contribution in [0, 0.1) is 35.5 Å². The lowest BCUT2D eigenvalue weighted by Gasteiger charge is -2.27. The summed E-state index contributed by atoms with van der Waals surface area (Å²) >= 11 is 0. The van der Waals surface area contributed by atoms with E-state index in [0.717, 1.165) is 68.6 Å². The highest BCUT2D eigenvalue weighted by atomic mass is 16.6. The van der Waals surface area contributed by atoms with E-state index in [4.69, 9.17) is 9.47 Å². The number of carbonyl (C=O) groups is 2. The number of hydrogen-bond donors (Lipinski definition) is 4. The first-order chi connectivity index (χ1) is 41.2. The zero-order valence-electron chi connectivity index (χ0n) is 58.7. The summed E-state index contributed by atoms with van der Waals surface area (Å²) in [6, 6.07) is 0. The zero-order valence-corrected chi connectivity index (χ0v) is 58.7. The minimum Gasteiger partial charge on any atom is -0.462 e. The van der Waals surface area contributed by atoms with Crippen LogP contribution in [-0.4, -0.2) is 69.0 Å². The second kappa shape index (κ2) is 52.1. The normalized spacial score (nSPS) is 26.1. The van der Waals surface area contributed by atoms with E-state index in [2.05, 4.69) is 89.2 Å². The van der Waals surface area contributed by atoms with Gasteiger partial charge in [0.1, 0.15) is 12.2 Å². The molecule has 8 heteroatoms. The number of cyclic esters (lactones) is 1. The number of aliphatic hydroxyl groups is 4. The predicted octanol–water partition coefficient (Wildman–Crippen LogP) is 21.8. The minimum atomic E-state index is -0.178. The highest BCUT2D eigenvalue weighted by Gasteiger charge is 2.25. The summed E-state index contributed by atoms with van der Waals surface area (Å²) in [6.45, 7) is 27.8. The van der Waals surface area contributed by atoms with Crippen LogP contribution < -0.4 is 0 Å². The molecule has 1 aliphatic heterocycles. The molecule has 0 spiro atoms. The lowest BCUT2D eigenvalue weighted by Crippen LogP contribution is -2.22. The molecule has 0 bridgehead atoms. The van der Waals surface area contributed by atoms with Gasteiger partial charge in [-0.15, -0.1) is 0 Å². The highest BCUT2D eigenvalue weighted by molar-refractivity contribution is 5.71. The first-order valence-corrected chi connectivity index (χ1v) is 36.6. The van der Waals surface area contributed by atoms with Gasteiger partial charge < -0.3 is 29.9 Å². The second-order valence-corrected chi connectivity index (χ2v) is 28.6. The van der Waals surface area contributed by atoms with Crippen molar-refractivity contribution in [2.24, 2.45) is 35.5 Å². The van der Waals surface area contributed by atoms with Crippen molar-refractivity contribution in [3.05, 3.63) is 58.2 Å². The van der Waals surface area contributed by atoms with E-state index >= 15 is 0 Å². The summed E-state index contributed by atoms with van der Waals surface area (Å²) in [5.41, 5.74) is 6.86. The maximum absolute atomic E-state index is 10.9. The molecule has 0 aromatic rings. The van der Waals surface area contributed by atoms with Crippen molar-refractivity contribution in [1.82, 2.24) is 0 Å². The molecule has 502 valence electrons. The molecule has 1 saturated heterocycles. The van der Waals surface area contributed by atoms with Crippen LogP contribution in [0.2, 0.25) is 0 Å². The largest absolute Gasteiger partial charge is 0.462 e. The fourth-order valence-corrected chi connectivity index (χ4v) is 14.2. The van der Waals surface area contributed by atoms with Gasteiger partial charge in [-0.1, -0.05) is 268 Å². The Morgan fingerprint density at radius 2 is 0.744 bits per heavy atom. The average molecular weight is 1210 g/mol. The van der Waals surface area contributed by atoms with Crippen LogP contribution in [0.3, 0.4) is 0 Å². The minimum absolute atomic E-state index is 0.00748. The van der Waals surface area contributed by atoms with Gasteiger partial charge in [0.15, 0.2) is 0 Å². The standard InChI is InChI=1S/C17H32O2.C14H26O.C13H22O2.C12H22O.2C11H20O/c1-2-3-4-5-6-7-8-9-10-11-12-13-16-14-15-17(18)19-16;1-3-4-5-6-7-8-13-9-12(2)10-14(15)11-13;1-4-5-6-12-7-10(2)8-13(9-12)15-11(3)14;1-3-4-5-6-11-7-10(2)8-12(13)9-11;1-8(2)4-10-5-9(3)6-11(12)7-10;1-3-4-5-10-6-9(2)7-11(12)8-10/h16H,2-15H2,1H3;10,13-15H,3-9,11H2,1-2H3;8,12-13H,4-7,9H2,1-3H3;8,11-13H,3-7,9H2,1-2H3;6,8,10-12H,4-5,7H2,1-3H3;7,10-12H,3-6,8H2,1-2H3. The Balaban J connectivity index is 0.000000520. The van der Waals surface area contributed by atoms with Gasteiger partial charge in [0.2, 0.25) is 0 Å². The third-order valence-corrected chi connectivity index (χ3v) is 18.4. The Hall–Kier alpha value is -2.52. The number of allylic oxidation sites excluding steroid dienone is 5. The van der Waals surface area contributed by atoms with Gasteiger partial charge >= 0.3 is 11.9 Å². The molecule has 11 unspecified atom stereocenters. The highest BCUT2D eigenvalue weighted by Crippen LogP contribution is 2.33. The van der Waals surface area contributed by atoms with E-state index in [0.29, 0.717) is 18.3 Å². The molecular formula is C78H142O8. The van der Waals surface area contributed by atoms with Crippen molar-refractivity contribution in [2.75, 3.05) is 0 Å². The Morgan fingerprint density at radius 3 is 1.09 bits per heavy atom. The van der Waals surface area contributed by atoms with Crippen molar-refractivity contribution >= 4 is 11.9 Å². The number of unbranched alkanes of at least 4 members (excludes halogenated alkanes) is 18. The van der Waals surface area contributed by atoms with E-state index in [1.165, 1.54) is 247 Å². The summed E-state index contributed by atoms with van der Waals surface area (Å²) in [6.07, 6.45) is 60.8. The molecule has 0 aromatic heterocycles. The van der Waals surface area contributed by atoms with Crippen molar-refractivity contribution in [2.45, 2.75) is 390 Å². The number of ether oxygens (including phenoxy) is 2. The Kier molecular flexibility index (Phi) is 49.4. The molecule has 1 heterocycles. The predicted molar refractivity (Wildman–Crippen MR) is 368 cm³/mol. The molecule has 5 aliphatic carbocycles. The van der Waals surface area contributed by atoms with Gasteiger partial charge in [-0.25, -0.2) is 0 Å². The summed E-state index contributed by atoms with van der Waals surface area (Å²) in [4.78, 5) is 21.8. The van der Waals surface area contributed by atoms with E-state index in [-0.39, 0.29) is 48.6 Å². The molecule has 0 aromatic carbocycles. The van der Waals surface area contributed by atoms with E-state index in [1.807, 2.05) is 24.3 Å². The Bertz CT molecular complexity index is 1840. The van der Waals surface area contributed by atoms with Crippen LogP contribution in [0.4, 0.5) is 0 Å². The van der Waals surface area contributed by atoms with E-state index < -0.39 is 0 Å². The van der Waals surface area contributed by atoms with Gasteiger partial charge in [-0.3, -0.25) is 9.59 Å². The quantitative estimate of drug-likeness (QED) is 0.0306. The summed E-state index contributed by atoms with van der Waals surface area (Å²) in [5, 5.41) is 38.1. The van der Waals surface area contributed by atoms with Crippen molar-refractivity contribution in [3.63, 3.8) is 0 Å². The summed E-state index contributed by atoms with van der Waals surface area (Å²) in [7, 11) is 0. The van der Waals surface area contributed by atoms with Crippen LogP contribution in [0.25, 0.3) is 0 Å². The third kappa shape index (κ3) is 45.7. The second-order valence-electron chi connectivity index (χ2n) is 28.6. The van der Waals surface area contributed by atoms with Crippen molar-refractivity contribution < 1.29 is 39.5 Å². The molecule has 4 N–H and O–H groups in total. The zero-order chi connectivity index (χ0) is 63.9. The topological polar surface area (TPSA) is 134 Å². The number of aliphatic hydroxyl groups excluding tert-OH is 4. The van der Waals surface area contributed by atoms with Crippen LogP contribution >= 0.6 is 0 Å². The number of rotatable bonds is 31. The number of esters is 2. The van der Waals surface area contributed by atoms with E-state index in [9.17, 15) is 30.0 Å². The molecule has 6 rings (SSSR count).